The van der Waals surface area contributed by atoms with Crippen LogP contribution in [-0.2, 0) is 11.3 Å². The number of hydrogen-bond donors (Lipinski definition) is 2. The van der Waals surface area contributed by atoms with E-state index in [9.17, 15) is 4.79 Å². The SMILES string of the molecule is CCN1C(=O)OCc2cnc(NC(C)c3ccc(C(CC(C)C)N4CCNCC4)cc3)nc21. The fourth-order valence-electron chi connectivity index (χ4n) is 4.61. The van der Waals surface area contributed by atoms with E-state index in [1.165, 1.54) is 16.0 Å². The first-order chi connectivity index (χ1) is 16.0. The Hall–Kier alpha value is -2.71. The van der Waals surface area contributed by atoms with Gasteiger partial charge in [-0.2, -0.15) is 4.98 Å². The van der Waals surface area contributed by atoms with Gasteiger partial charge >= 0.3 is 6.09 Å². The molecule has 2 atom stereocenters. The summed E-state index contributed by atoms with van der Waals surface area (Å²) < 4.78 is 5.18. The number of aromatic nitrogens is 2. The van der Waals surface area contributed by atoms with Gasteiger partial charge in [-0.15, -0.1) is 0 Å². The summed E-state index contributed by atoms with van der Waals surface area (Å²) in [7, 11) is 0. The molecule has 0 saturated carbocycles. The number of hydrogen-bond acceptors (Lipinski definition) is 7. The number of cyclic esters (lactones) is 1. The van der Waals surface area contributed by atoms with Crippen LogP contribution in [0, 0.1) is 5.92 Å². The number of anilines is 2. The molecule has 2 unspecified atom stereocenters. The molecular weight excluding hydrogens is 416 g/mol. The van der Waals surface area contributed by atoms with E-state index in [0.717, 1.165) is 38.2 Å². The van der Waals surface area contributed by atoms with Gasteiger partial charge in [0.1, 0.15) is 12.4 Å². The molecule has 2 N–H and O–H groups in total. The van der Waals surface area contributed by atoms with Crippen molar-refractivity contribution in [2.24, 2.45) is 5.92 Å². The fraction of sp³-hybridized carbons (Fsp3) is 0.560. The monoisotopic (exact) mass is 452 g/mol. The number of nitrogens with one attached hydrogen (secondary N) is 2. The Morgan fingerprint density at radius 2 is 1.82 bits per heavy atom. The number of fused-ring (bicyclic) bond motifs is 1. The minimum absolute atomic E-state index is 0.0328. The molecule has 0 aliphatic carbocycles. The van der Waals surface area contributed by atoms with Crippen molar-refractivity contribution < 1.29 is 9.53 Å². The number of amides is 1. The first kappa shape index (κ1) is 23.4. The highest BCUT2D eigenvalue weighted by atomic mass is 16.6. The lowest BCUT2D eigenvalue weighted by atomic mass is 9.93. The van der Waals surface area contributed by atoms with Gasteiger partial charge < -0.3 is 15.4 Å². The van der Waals surface area contributed by atoms with E-state index >= 15 is 0 Å². The summed E-state index contributed by atoms with van der Waals surface area (Å²) in [6.07, 6.45) is 2.53. The van der Waals surface area contributed by atoms with Crippen LogP contribution in [0.15, 0.2) is 30.5 Å². The van der Waals surface area contributed by atoms with Crippen LogP contribution in [0.5, 0.6) is 0 Å². The summed E-state index contributed by atoms with van der Waals surface area (Å²) in [5, 5.41) is 6.85. The van der Waals surface area contributed by atoms with Gasteiger partial charge in [-0.05, 0) is 37.3 Å². The molecule has 0 radical (unpaired) electrons. The molecule has 178 valence electrons. The van der Waals surface area contributed by atoms with Crippen molar-refractivity contribution in [1.29, 1.82) is 0 Å². The molecule has 33 heavy (non-hydrogen) atoms. The van der Waals surface area contributed by atoms with Gasteiger partial charge in [0.15, 0.2) is 0 Å². The number of carbonyl (C=O) groups is 1. The lowest BCUT2D eigenvalue weighted by Gasteiger charge is -2.36. The van der Waals surface area contributed by atoms with Crippen molar-refractivity contribution in [2.45, 2.75) is 52.8 Å². The molecule has 1 fully saturated rings. The number of nitrogens with zero attached hydrogens (tertiary/aromatic N) is 4. The van der Waals surface area contributed by atoms with Gasteiger partial charge in [-0.3, -0.25) is 9.80 Å². The summed E-state index contributed by atoms with van der Waals surface area (Å²) in [4.78, 5) is 25.2. The third-order valence-electron chi connectivity index (χ3n) is 6.44. The maximum atomic E-state index is 12.0. The smallest absolute Gasteiger partial charge is 0.415 e. The van der Waals surface area contributed by atoms with Crippen LogP contribution >= 0.6 is 0 Å². The Balaban J connectivity index is 1.47. The first-order valence-electron chi connectivity index (χ1n) is 12.1. The second kappa shape index (κ2) is 10.5. The summed E-state index contributed by atoms with van der Waals surface area (Å²) in [5.41, 5.74) is 3.38. The van der Waals surface area contributed by atoms with E-state index in [2.05, 4.69) is 70.5 Å². The van der Waals surface area contributed by atoms with Crippen LogP contribution in [0.3, 0.4) is 0 Å². The molecule has 0 bridgehead atoms. The zero-order valence-corrected chi connectivity index (χ0v) is 20.2. The quantitative estimate of drug-likeness (QED) is 0.623. The predicted molar refractivity (Wildman–Crippen MR) is 130 cm³/mol. The number of ether oxygens (including phenoxy) is 1. The number of carbonyl (C=O) groups excluding carboxylic acids is 1. The molecule has 1 saturated heterocycles. The fourth-order valence-corrected chi connectivity index (χ4v) is 4.61. The van der Waals surface area contributed by atoms with E-state index in [4.69, 9.17) is 4.74 Å². The third-order valence-corrected chi connectivity index (χ3v) is 6.44. The zero-order chi connectivity index (χ0) is 23.4. The van der Waals surface area contributed by atoms with Crippen molar-refractivity contribution >= 4 is 17.9 Å². The lowest BCUT2D eigenvalue weighted by Crippen LogP contribution is -2.45. The first-order valence-corrected chi connectivity index (χ1v) is 12.1. The van der Waals surface area contributed by atoms with Gasteiger partial charge in [0.25, 0.3) is 0 Å². The van der Waals surface area contributed by atoms with E-state index in [1.807, 2.05) is 6.92 Å². The van der Waals surface area contributed by atoms with E-state index in [1.54, 1.807) is 6.20 Å². The maximum absolute atomic E-state index is 12.0. The number of piperazine rings is 1. The Morgan fingerprint density at radius 1 is 1.12 bits per heavy atom. The zero-order valence-electron chi connectivity index (χ0n) is 20.2. The number of benzene rings is 1. The van der Waals surface area contributed by atoms with E-state index in [0.29, 0.717) is 30.3 Å². The molecule has 0 spiro atoms. The summed E-state index contributed by atoms with van der Waals surface area (Å²) >= 11 is 0. The normalized spacial score (nSPS) is 18.6. The van der Waals surface area contributed by atoms with Crippen LogP contribution in [0.2, 0.25) is 0 Å². The molecule has 8 nitrogen and oxygen atoms in total. The van der Waals surface area contributed by atoms with Crippen LogP contribution in [-0.4, -0.2) is 53.7 Å². The topological polar surface area (TPSA) is 82.6 Å². The summed E-state index contributed by atoms with van der Waals surface area (Å²) in [5.74, 6) is 1.78. The highest BCUT2D eigenvalue weighted by Crippen LogP contribution is 2.30. The Labute approximate surface area is 196 Å². The average molecular weight is 453 g/mol. The predicted octanol–water partition coefficient (Wildman–Crippen LogP) is 4.12. The van der Waals surface area contributed by atoms with Gasteiger partial charge in [-0.1, -0.05) is 38.1 Å². The molecular formula is C25H36N6O2. The minimum atomic E-state index is -0.362. The molecule has 1 amide bonds. The maximum Gasteiger partial charge on any atom is 0.415 e. The van der Waals surface area contributed by atoms with Gasteiger partial charge in [0.2, 0.25) is 5.95 Å². The summed E-state index contributed by atoms with van der Waals surface area (Å²) in [6, 6.07) is 9.43. The third kappa shape index (κ3) is 5.45. The average Bonchev–Trinajstić information content (AvgIpc) is 2.83. The largest absolute Gasteiger partial charge is 0.444 e. The van der Waals surface area contributed by atoms with E-state index in [-0.39, 0.29) is 18.7 Å². The van der Waals surface area contributed by atoms with Crippen molar-refractivity contribution in [3.8, 4) is 0 Å². The Kier molecular flexibility index (Phi) is 7.45. The van der Waals surface area contributed by atoms with Gasteiger partial charge in [-0.25, -0.2) is 9.78 Å². The molecule has 3 heterocycles. The van der Waals surface area contributed by atoms with Crippen molar-refractivity contribution in [2.75, 3.05) is 42.9 Å². The van der Waals surface area contributed by atoms with Crippen molar-refractivity contribution in [3.63, 3.8) is 0 Å². The van der Waals surface area contributed by atoms with Crippen molar-refractivity contribution in [3.05, 3.63) is 47.2 Å². The number of rotatable bonds is 8. The second-order valence-electron chi connectivity index (χ2n) is 9.31. The van der Waals surface area contributed by atoms with Crippen molar-refractivity contribution in [1.82, 2.24) is 20.2 Å². The standard InChI is InChI=1S/C25H36N6O2/c1-5-31-23-21(16-33-25(31)32)15-27-24(29-23)28-18(4)19-6-8-20(9-7-19)22(14-17(2)3)30-12-10-26-11-13-30/h6-9,15,17-18,22,26H,5,10-14,16H2,1-4H3,(H,27,28,29). The van der Waals surface area contributed by atoms with Gasteiger partial charge in [0, 0.05) is 45.0 Å². The van der Waals surface area contributed by atoms with Crippen LogP contribution in [0.4, 0.5) is 16.6 Å². The lowest BCUT2D eigenvalue weighted by molar-refractivity contribution is 0.141. The molecule has 4 rings (SSSR count). The molecule has 1 aromatic heterocycles. The second-order valence-corrected chi connectivity index (χ2v) is 9.31. The molecule has 2 aliphatic rings. The minimum Gasteiger partial charge on any atom is -0.444 e. The molecule has 2 aliphatic heterocycles. The Morgan fingerprint density at radius 3 is 2.48 bits per heavy atom. The van der Waals surface area contributed by atoms with E-state index < -0.39 is 0 Å². The highest BCUT2D eigenvalue weighted by Gasteiger charge is 2.27. The van der Waals surface area contributed by atoms with Crippen LogP contribution < -0.4 is 15.5 Å². The van der Waals surface area contributed by atoms with Crippen LogP contribution in [0.25, 0.3) is 0 Å². The molecule has 8 heteroatoms. The molecule has 2 aromatic rings. The van der Waals surface area contributed by atoms with Gasteiger partial charge in [0.05, 0.1) is 11.6 Å². The van der Waals surface area contributed by atoms with Crippen LogP contribution in [0.1, 0.15) is 62.9 Å². The molecule has 1 aromatic carbocycles. The summed E-state index contributed by atoms with van der Waals surface area (Å²) in [6.45, 7) is 13.6. The Bertz CT molecular complexity index is 942. The highest BCUT2D eigenvalue weighted by molar-refractivity contribution is 5.89.